The van der Waals surface area contributed by atoms with Gasteiger partial charge in [-0.25, -0.2) is 8.42 Å². The number of unbranched alkanes of at least 4 members (excludes halogenated alkanes) is 1. The maximum atomic E-state index is 12.6. The second-order valence-corrected chi connectivity index (χ2v) is 7.86. The maximum absolute atomic E-state index is 12.6. The molecule has 0 saturated carbocycles. The number of nitrogens with one attached hydrogen (secondary N) is 1. The number of carbonyl (C=O) groups is 2. The molecule has 1 aromatic rings. The van der Waals surface area contributed by atoms with Crippen molar-refractivity contribution in [1.29, 1.82) is 0 Å². The Balaban J connectivity index is 2.91. The van der Waals surface area contributed by atoms with Crippen molar-refractivity contribution in [3.05, 3.63) is 29.8 Å². The third-order valence-corrected chi connectivity index (χ3v) is 5.63. The Hall–Kier alpha value is -1.93. The molecule has 0 aliphatic rings. The van der Waals surface area contributed by atoms with Crippen LogP contribution in [0.1, 0.15) is 37.0 Å². The summed E-state index contributed by atoms with van der Waals surface area (Å²) in [6, 6.07) is 5.86. The molecule has 0 saturated heterocycles. The van der Waals surface area contributed by atoms with E-state index in [4.69, 9.17) is 0 Å². The number of rotatable bonds is 9. The fourth-order valence-electron chi connectivity index (χ4n) is 2.08. The molecule has 0 radical (unpaired) electrons. The summed E-state index contributed by atoms with van der Waals surface area (Å²) in [5.41, 5.74) is 0.297. The van der Waals surface area contributed by atoms with Crippen molar-refractivity contribution < 1.29 is 18.0 Å². The van der Waals surface area contributed by atoms with Gasteiger partial charge >= 0.3 is 0 Å². The van der Waals surface area contributed by atoms with Gasteiger partial charge in [0.05, 0.1) is 11.4 Å². The van der Waals surface area contributed by atoms with Gasteiger partial charge in [0.2, 0.25) is 15.9 Å². The van der Waals surface area contributed by atoms with Crippen molar-refractivity contribution in [3.63, 3.8) is 0 Å². The van der Waals surface area contributed by atoms with Crippen molar-refractivity contribution in [2.45, 2.75) is 31.6 Å². The van der Waals surface area contributed by atoms with Gasteiger partial charge in [0.1, 0.15) is 0 Å². The van der Waals surface area contributed by atoms with E-state index in [0.717, 1.165) is 17.1 Å². The van der Waals surface area contributed by atoms with Crippen LogP contribution in [-0.4, -0.2) is 63.2 Å². The summed E-state index contributed by atoms with van der Waals surface area (Å²) in [4.78, 5) is 25.5. The second kappa shape index (κ2) is 9.53. The predicted molar refractivity (Wildman–Crippen MR) is 96.8 cm³/mol. The molecule has 0 heterocycles. The fourth-order valence-corrected chi connectivity index (χ4v) is 3.25. The van der Waals surface area contributed by atoms with E-state index in [0.29, 0.717) is 18.7 Å². The molecule has 0 spiro atoms. The van der Waals surface area contributed by atoms with E-state index < -0.39 is 10.0 Å². The van der Waals surface area contributed by atoms with Gasteiger partial charge in [0.15, 0.2) is 0 Å². The standard InChI is InChI=1S/C17H27N3O4S/c1-5-7-11-18-16(21)13-20(4)25(23,24)15-10-8-9-14(12-15)17(22)19(3)6-2/h8-10,12H,5-7,11,13H2,1-4H3,(H,18,21). The minimum atomic E-state index is -3.85. The summed E-state index contributed by atoms with van der Waals surface area (Å²) in [7, 11) is -0.854. The molecule has 0 bridgehead atoms. The highest BCUT2D eigenvalue weighted by atomic mass is 32.2. The lowest BCUT2D eigenvalue weighted by atomic mass is 10.2. The Morgan fingerprint density at radius 1 is 1.16 bits per heavy atom. The van der Waals surface area contributed by atoms with Gasteiger partial charge in [-0.3, -0.25) is 9.59 Å². The van der Waals surface area contributed by atoms with Crippen molar-refractivity contribution in [3.8, 4) is 0 Å². The van der Waals surface area contributed by atoms with Gasteiger partial charge in [0.25, 0.3) is 5.91 Å². The van der Waals surface area contributed by atoms with Crippen LogP contribution in [0.4, 0.5) is 0 Å². The lowest BCUT2D eigenvalue weighted by molar-refractivity contribution is -0.121. The van der Waals surface area contributed by atoms with E-state index in [1.165, 1.54) is 30.1 Å². The monoisotopic (exact) mass is 369 g/mol. The maximum Gasteiger partial charge on any atom is 0.253 e. The minimum absolute atomic E-state index is 0.00767. The van der Waals surface area contributed by atoms with Gasteiger partial charge in [0, 0.05) is 32.7 Å². The molecule has 1 aromatic carbocycles. The normalized spacial score (nSPS) is 11.4. The summed E-state index contributed by atoms with van der Waals surface area (Å²) in [6.07, 6.45) is 1.79. The Morgan fingerprint density at radius 3 is 2.44 bits per heavy atom. The molecule has 0 aliphatic carbocycles. The number of carbonyl (C=O) groups excluding carboxylic acids is 2. The predicted octanol–water partition coefficient (Wildman–Crippen LogP) is 1.32. The topological polar surface area (TPSA) is 86.8 Å². The third-order valence-electron chi connectivity index (χ3n) is 3.83. The molecule has 0 aliphatic heterocycles. The lowest BCUT2D eigenvalue weighted by Gasteiger charge is -2.18. The first kappa shape index (κ1) is 21.1. The highest BCUT2D eigenvalue weighted by Crippen LogP contribution is 2.16. The van der Waals surface area contributed by atoms with Crippen LogP contribution in [0.3, 0.4) is 0 Å². The zero-order valence-corrected chi connectivity index (χ0v) is 16.1. The highest BCUT2D eigenvalue weighted by Gasteiger charge is 2.24. The summed E-state index contributed by atoms with van der Waals surface area (Å²) in [5, 5.41) is 2.68. The van der Waals surface area contributed by atoms with E-state index >= 15 is 0 Å². The first-order chi connectivity index (χ1) is 11.7. The largest absolute Gasteiger partial charge is 0.355 e. The molecule has 0 atom stereocenters. The van der Waals surface area contributed by atoms with Crippen LogP contribution in [0.25, 0.3) is 0 Å². The first-order valence-corrected chi connectivity index (χ1v) is 9.76. The van der Waals surface area contributed by atoms with Gasteiger partial charge in [-0.2, -0.15) is 4.31 Å². The SMILES string of the molecule is CCCCNC(=O)CN(C)S(=O)(=O)c1cccc(C(=O)N(C)CC)c1. The molecule has 7 nitrogen and oxygen atoms in total. The molecule has 0 aromatic heterocycles. The Kier molecular flexibility index (Phi) is 8.05. The minimum Gasteiger partial charge on any atom is -0.355 e. The average molecular weight is 369 g/mol. The number of likely N-dealkylation sites (N-methyl/N-ethyl adjacent to an activating group) is 1. The van der Waals surface area contributed by atoms with Gasteiger partial charge < -0.3 is 10.2 Å². The zero-order chi connectivity index (χ0) is 19.0. The smallest absolute Gasteiger partial charge is 0.253 e. The van der Waals surface area contributed by atoms with Crippen LogP contribution in [0.2, 0.25) is 0 Å². The Morgan fingerprint density at radius 2 is 1.84 bits per heavy atom. The number of sulfonamides is 1. The van der Waals surface area contributed by atoms with Crippen molar-refractivity contribution >= 4 is 21.8 Å². The molecule has 0 unspecified atom stereocenters. The van der Waals surface area contributed by atoms with Crippen LogP contribution in [0.5, 0.6) is 0 Å². The molecule has 8 heteroatoms. The molecular weight excluding hydrogens is 342 g/mol. The molecule has 1 N–H and O–H groups in total. The van der Waals surface area contributed by atoms with Crippen LogP contribution in [-0.2, 0) is 14.8 Å². The average Bonchev–Trinajstić information content (AvgIpc) is 2.60. The number of nitrogens with zero attached hydrogens (tertiary/aromatic N) is 2. The van der Waals surface area contributed by atoms with Crippen molar-refractivity contribution in [1.82, 2.24) is 14.5 Å². The summed E-state index contributed by atoms with van der Waals surface area (Å²) < 4.78 is 26.3. The molecule has 25 heavy (non-hydrogen) atoms. The van der Waals surface area contributed by atoms with Crippen LogP contribution < -0.4 is 5.32 Å². The molecular formula is C17H27N3O4S. The lowest BCUT2D eigenvalue weighted by Crippen LogP contribution is -2.38. The van der Waals surface area contributed by atoms with Crippen LogP contribution in [0, 0.1) is 0 Å². The fraction of sp³-hybridized carbons (Fsp3) is 0.529. The van der Waals surface area contributed by atoms with E-state index in [9.17, 15) is 18.0 Å². The molecule has 140 valence electrons. The highest BCUT2D eigenvalue weighted by molar-refractivity contribution is 7.89. The van der Waals surface area contributed by atoms with E-state index in [2.05, 4.69) is 5.32 Å². The molecule has 2 amide bonds. The summed E-state index contributed by atoms with van der Waals surface area (Å²) >= 11 is 0. The second-order valence-electron chi connectivity index (χ2n) is 5.81. The van der Waals surface area contributed by atoms with Crippen molar-refractivity contribution in [2.75, 3.05) is 33.7 Å². The zero-order valence-electron chi connectivity index (χ0n) is 15.3. The van der Waals surface area contributed by atoms with Crippen LogP contribution >= 0.6 is 0 Å². The number of hydrogen-bond donors (Lipinski definition) is 1. The quantitative estimate of drug-likeness (QED) is 0.665. The van der Waals surface area contributed by atoms with Gasteiger partial charge in [-0.15, -0.1) is 0 Å². The Labute approximate surface area is 150 Å². The number of benzene rings is 1. The van der Waals surface area contributed by atoms with Gasteiger partial charge in [-0.1, -0.05) is 19.4 Å². The summed E-state index contributed by atoms with van der Waals surface area (Å²) in [6.45, 7) is 4.62. The van der Waals surface area contributed by atoms with E-state index in [1.807, 2.05) is 13.8 Å². The number of hydrogen-bond acceptors (Lipinski definition) is 4. The van der Waals surface area contributed by atoms with Gasteiger partial charge in [-0.05, 0) is 31.5 Å². The third kappa shape index (κ3) is 5.82. The Bertz CT molecular complexity index is 704. The molecule has 1 rings (SSSR count). The number of amides is 2. The van der Waals surface area contributed by atoms with Crippen LogP contribution in [0.15, 0.2) is 29.2 Å². The van der Waals surface area contributed by atoms with E-state index in [-0.39, 0.29) is 23.3 Å². The van der Waals surface area contributed by atoms with E-state index in [1.54, 1.807) is 13.1 Å². The van der Waals surface area contributed by atoms with Crippen molar-refractivity contribution in [2.24, 2.45) is 0 Å². The summed E-state index contributed by atoms with van der Waals surface area (Å²) in [5.74, 6) is -0.600. The first-order valence-electron chi connectivity index (χ1n) is 8.32. The molecule has 0 fully saturated rings.